The number of carbonyl (C=O) groups excluding carboxylic acids is 3. The number of nitrogens with one attached hydrogen (secondary N) is 1. The van der Waals surface area contributed by atoms with Crippen LogP contribution in [0.1, 0.15) is 40.3 Å². The number of Topliss-reactive ketones (excluding diaryl/α,β-unsaturated/α-hetero) is 1. The van der Waals surface area contributed by atoms with Crippen LogP contribution in [0.25, 0.3) is 0 Å². The lowest BCUT2D eigenvalue weighted by atomic mass is 9.98. The van der Waals surface area contributed by atoms with Crippen LogP contribution in [0.5, 0.6) is 0 Å². The summed E-state index contributed by atoms with van der Waals surface area (Å²) in [5.41, 5.74) is -0.138. The normalized spacial score (nSPS) is 12.6. The molecule has 0 radical (unpaired) electrons. The second-order valence-electron chi connectivity index (χ2n) is 6.70. The number of ether oxygens (including phenoxy) is 2. The Kier molecular flexibility index (Phi) is 6.51. The minimum absolute atomic E-state index is 0.146. The molecule has 8 nitrogen and oxygen atoms in total. The topological polar surface area (TPSA) is 99.5 Å². The molecule has 0 unspecified atom stereocenters. The van der Waals surface area contributed by atoms with Crippen molar-refractivity contribution >= 4 is 18.0 Å². The first-order valence-electron chi connectivity index (χ1n) is 7.68. The van der Waals surface area contributed by atoms with E-state index in [0.29, 0.717) is 5.69 Å². The van der Waals surface area contributed by atoms with Crippen LogP contribution in [0.15, 0.2) is 12.5 Å². The zero-order chi connectivity index (χ0) is 18.5. The molecule has 24 heavy (non-hydrogen) atoms. The molecule has 0 aliphatic carbocycles. The van der Waals surface area contributed by atoms with Gasteiger partial charge in [0, 0.05) is 18.5 Å². The Labute approximate surface area is 141 Å². The standard InChI is InChI=1S/C16H25N3O5/c1-10(2)13(20)12(18-14(21)23-6)7-11-8-19(9-17-11)15(22)24-16(3,4)5/h8-10,12H,7H2,1-6H3,(H,18,21)/t12-/m0/s1. The van der Waals surface area contributed by atoms with Crippen LogP contribution >= 0.6 is 0 Å². The van der Waals surface area contributed by atoms with Crippen molar-refractivity contribution in [3.05, 3.63) is 18.2 Å². The first kappa shape index (κ1) is 19.7. The number of hydrogen-bond acceptors (Lipinski definition) is 6. The first-order valence-corrected chi connectivity index (χ1v) is 7.68. The molecule has 1 amide bonds. The van der Waals surface area contributed by atoms with Gasteiger partial charge in [0.15, 0.2) is 5.78 Å². The van der Waals surface area contributed by atoms with Crippen molar-refractivity contribution in [1.29, 1.82) is 0 Å². The number of nitrogens with zero attached hydrogens (tertiary/aromatic N) is 2. The second kappa shape index (κ2) is 7.94. The van der Waals surface area contributed by atoms with Gasteiger partial charge in [-0.3, -0.25) is 4.79 Å². The van der Waals surface area contributed by atoms with Crippen LogP contribution in [-0.4, -0.2) is 46.3 Å². The van der Waals surface area contributed by atoms with E-state index in [1.165, 1.54) is 24.2 Å². The summed E-state index contributed by atoms with van der Waals surface area (Å²) in [6.45, 7) is 8.78. The molecule has 1 aromatic heterocycles. The lowest BCUT2D eigenvalue weighted by Crippen LogP contribution is -2.44. The van der Waals surface area contributed by atoms with Crippen molar-refractivity contribution in [3.63, 3.8) is 0 Å². The number of alkyl carbamates (subject to hydrolysis) is 1. The molecule has 0 aliphatic rings. The van der Waals surface area contributed by atoms with E-state index in [1.54, 1.807) is 34.6 Å². The molecule has 0 aromatic carbocycles. The smallest absolute Gasteiger partial charge is 0.419 e. The van der Waals surface area contributed by atoms with Gasteiger partial charge in [-0.25, -0.2) is 19.1 Å². The van der Waals surface area contributed by atoms with E-state index in [0.717, 1.165) is 0 Å². The maximum atomic E-state index is 12.2. The Bertz CT molecular complexity index is 601. The fourth-order valence-electron chi connectivity index (χ4n) is 1.92. The molecule has 0 bridgehead atoms. The molecule has 0 aliphatic heterocycles. The van der Waals surface area contributed by atoms with Crippen molar-refractivity contribution < 1.29 is 23.9 Å². The highest BCUT2D eigenvalue weighted by molar-refractivity contribution is 5.89. The summed E-state index contributed by atoms with van der Waals surface area (Å²) in [4.78, 5) is 39.7. The van der Waals surface area contributed by atoms with E-state index in [2.05, 4.69) is 15.0 Å². The number of hydrogen-bond donors (Lipinski definition) is 1. The van der Waals surface area contributed by atoms with Crippen LogP contribution in [0.2, 0.25) is 0 Å². The number of ketones is 1. The fourth-order valence-corrected chi connectivity index (χ4v) is 1.92. The monoisotopic (exact) mass is 339 g/mol. The quantitative estimate of drug-likeness (QED) is 0.882. The summed E-state index contributed by atoms with van der Waals surface area (Å²) < 4.78 is 11.0. The number of amides is 1. The minimum atomic E-state index is -0.778. The molecule has 134 valence electrons. The third kappa shape index (κ3) is 6.02. The summed E-state index contributed by atoms with van der Waals surface area (Å²) in [7, 11) is 1.23. The van der Waals surface area contributed by atoms with Crippen LogP contribution in [0.3, 0.4) is 0 Å². The van der Waals surface area contributed by atoms with E-state index in [-0.39, 0.29) is 18.1 Å². The van der Waals surface area contributed by atoms with E-state index < -0.39 is 23.8 Å². The third-order valence-electron chi connectivity index (χ3n) is 3.04. The largest absolute Gasteiger partial charge is 0.453 e. The van der Waals surface area contributed by atoms with Crippen molar-refractivity contribution in [2.75, 3.05) is 7.11 Å². The molecule has 0 spiro atoms. The van der Waals surface area contributed by atoms with Gasteiger partial charge in [0.05, 0.1) is 18.8 Å². The van der Waals surface area contributed by atoms with Crippen molar-refractivity contribution in [3.8, 4) is 0 Å². The Morgan fingerprint density at radius 1 is 1.29 bits per heavy atom. The Balaban J connectivity index is 2.86. The molecule has 1 N–H and O–H groups in total. The zero-order valence-corrected chi connectivity index (χ0v) is 15.0. The molecule has 1 rings (SSSR count). The van der Waals surface area contributed by atoms with Gasteiger partial charge in [-0.05, 0) is 20.8 Å². The van der Waals surface area contributed by atoms with Crippen molar-refractivity contribution in [2.24, 2.45) is 5.92 Å². The Hall–Kier alpha value is -2.38. The predicted molar refractivity (Wildman–Crippen MR) is 86.7 cm³/mol. The number of rotatable bonds is 5. The van der Waals surface area contributed by atoms with Crippen LogP contribution in [0, 0.1) is 5.92 Å². The Morgan fingerprint density at radius 2 is 1.92 bits per heavy atom. The van der Waals surface area contributed by atoms with Crippen LogP contribution in [-0.2, 0) is 20.7 Å². The summed E-state index contributed by atoms with van der Waals surface area (Å²) in [5.74, 6) is -0.410. The van der Waals surface area contributed by atoms with E-state index in [1.807, 2.05) is 0 Å². The number of imidazole rings is 1. The molecule has 0 saturated heterocycles. The highest BCUT2D eigenvalue weighted by Gasteiger charge is 2.25. The molecule has 0 saturated carbocycles. The van der Waals surface area contributed by atoms with Gasteiger partial charge in [-0.2, -0.15) is 0 Å². The van der Waals surface area contributed by atoms with Crippen molar-refractivity contribution in [1.82, 2.24) is 14.9 Å². The second-order valence-corrected chi connectivity index (χ2v) is 6.70. The highest BCUT2D eigenvalue weighted by atomic mass is 16.6. The summed E-state index contributed by atoms with van der Waals surface area (Å²) in [6.07, 6.45) is 1.70. The summed E-state index contributed by atoms with van der Waals surface area (Å²) in [5, 5.41) is 2.50. The van der Waals surface area contributed by atoms with E-state index in [4.69, 9.17) is 4.74 Å². The molecular weight excluding hydrogens is 314 g/mol. The van der Waals surface area contributed by atoms with Gasteiger partial charge in [0.25, 0.3) is 0 Å². The average Bonchev–Trinajstić information content (AvgIpc) is 2.92. The van der Waals surface area contributed by atoms with Crippen LogP contribution in [0.4, 0.5) is 9.59 Å². The third-order valence-corrected chi connectivity index (χ3v) is 3.04. The molecular formula is C16H25N3O5. The molecule has 0 fully saturated rings. The molecule has 1 aromatic rings. The minimum Gasteiger partial charge on any atom is -0.453 e. The SMILES string of the molecule is COC(=O)N[C@@H](Cc1cn(C(=O)OC(C)(C)C)cn1)C(=O)C(C)C. The Morgan fingerprint density at radius 3 is 2.42 bits per heavy atom. The molecule has 1 atom stereocenters. The average molecular weight is 339 g/mol. The van der Waals surface area contributed by atoms with E-state index in [9.17, 15) is 14.4 Å². The van der Waals surface area contributed by atoms with Gasteiger partial charge in [0.2, 0.25) is 0 Å². The maximum Gasteiger partial charge on any atom is 0.419 e. The number of aromatic nitrogens is 2. The van der Waals surface area contributed by atoms with Crippen molar-refractivity contribution in [2.45, 2.75) is 52.7 Å². The van der Waals surface area contributed by atoms with Gasteiger partial charge in [0.1, 0.15) is 11.9 Å². The zero-order valence-electron chi connectivity index (χ0n) is 15.0. The van der Waals surface area contributed by atoms with E-state index >= 15 is 0 Å². The van der Waals surface area contributed by atoms with Crippen LogP contribution < -0.4 is 5.32 Å². The maximum absolute atomic E-state index is 12.2. The number of methoxy groups -OCH3 is 1. The van der Waals surface area contributed by atoms with Gasteiger partial charge < -0.3 is 14.8 Å². The van der Waals surface area contributed by atoms with Gasteiger partial charge in [-0.15, -0.1) is 0 Å². The molecule has 8 heteroatoms. The number of carbonyl (C=O) groups is 3. The summed E-state index contributed by atoms with van der Waals surface area (Å²) >= 11 is 0. The summed E-state index contributed by atoms with van der Waals surface area (Å²) in [6, 6.07) is -0.778. The highest BCUT2D eigenvalue weighted by Crippen LogP contribution is 2.11. The lowest BCUT2D eigenvalue weighted by Gasteiger charge is -2.19. The van der Waals surface area contributed by atoms with Gasteiger partial charge >= 0.3 is 12.2 Å². The predicted octanol–water partition coefficient (Wildman–Crippen LogP) is 2.16. The first-order chi connectivity index (χ1) is 11.0. The van der Waals surface area contributed by atoms with Gasteiger partial charge in [-0.1, -0.05) is 13.8 Å². The molecule has 1 heterocycles. The lowest BCUT2D eigenvalue weighted by molar-refractivity contribution is -0.123. The fraction of sp³-hybridized carbons (Fsp3) is 0.625.